The number of sulfone groups is 1. The van der Waals surface area contributed by atoms with Gasteiger partial charge >= 0.3 is 5.97 Å². The molecule has 2 N–H and O–H groups in total. The number of cyclic esters (lactones) is 1. The Balaban J connectivity index is 1.27. The monoisotopic (exact) mass is 584 g/mol. The molecular weight excluding hydrogens is 548 g/mol. The lowest BCUT2D eigenvalue weighted by Gasteiger charge is -2.39. The number of carbonyl (C=O) groups is 1. The van der Waals surface area contributed by atoms with E-state index in [1.807, 2.05) is 48.5 Å². The Kier molecular flexibility index (Phi) is 7.66. The van der Waals surface area contributed by atoms with Gasteiger partial charge in [0.25, 0.3) is 0 Å². The van der Waals surface area contributed by atoms with Gasteiger partial charge in [-0.05, 0) is 66.8 Å². The highest BCUT2D eigenvalue weighted by Crippen LogP contribution is 2.50. The molecule has 1 aliphatic heterocycles. The Labute approximate surface area is 246 Å². The molecule has 1 aromatic heterocycles. The fraction of sp³-hybridized carbons (Fsp3) is 0.353. The highest BCUT2D eigenvalue weighted by atomic mass is 32.2. The summed E-state index contributed by atoms with van der Waals surface area (Å²) < 4.78 is 32.8. The lowest BCUT2D eigenvalue weighted by molar-refractivity contribution is -0.161. The van der Waals surface area contributed by atoms with Crippen LogP contribution in [0.3, 0.4) is 0 Å². The molecule has 3 aromatic carbocycles. The van der Waals surface area contributed by atoms with E-state index in [1.165, 1.54) is 5.56 Å². The maximum Gasteiger partial charge on any atom is 0.338 e. The van der Waals surface area contributed by atoms with Crippen LogP contribution in [0.4, 0.5) is 0 Å². The number of benzene rings is 3. The summed E-state index contributed by atoms with van der Waals surface area (Å²) in [4.78, 5) is 20.9. The van der Waals surface area contributed by atoms with Crippen molar-refractivity contribution in [3.05, 3.63) is 107 Å². The first-order valence-corrected chi connectivity index (χ1v) is 16.4. The number of rotatable bonds is 11. The average Bonchev–Trinajstić information content (AvgIpc) is 3.70. The van der Waals surface area contributed by atoms with Gasteiger partial charge in [0.05, 0.1) is 22.4 Å². The van der Waals surface area contributed by atoms with Crippen molar-refractivity contribution in [2.45, 2.75) is 74.3 Å². The van der Waals surface area contributed by atoms with E-state index < -0.39 is 21.4 Å². The number of ether oxygens (including phenoxy) is 1. The number of imidazole rings is 1. The molecule has 1 saturated carbocycles. The summed E-state index contributed by atoms with van der Waals surface area (Å²) >= 11 is 0. The minimum absolute atomic E-state index is 0.0631. The van der Waals surface area contributed by atoms with E-state index >= 15 is 0 Å². The number of nitrogens with one attached hydrogen (secondary N) is 1. The van der Waals surface area contributed by atoms with Crippen molar-refractivity contribution in [1.82, 2.24) is 9.97 Å². The van der Waals surface area contributed by atoms with E-state index in [4.69, 9.17) is 4.74 Å². The van der Waals surface area contributed by atoms with Crippen molar-refractivity contribution in [3.63, 3.8) is 0 Å². The third-order valence-corrected chi connectivity index (χ3v) is 9.98. The summed E-state index contributed by atoms with van der Waals surface area (Å²) in [5.74, 6) is -0.741. The predicted molar refractivity (Wildman–Crippen MR) is 162 cm³/mol. The van der Waals surface area contributed by atoms with Gasteiger partial charge in [0.2, 0.25) is 15.0 Å². The number of aryl methyl sites for hydroxylation is 1. The summed E-state index contributed by atoms with van der Waals surface area (Å²) in [7, 11) is -3.74. The number of aliphatic hydroxyl groups is 1. The number of hydrogen-bond acceptors (Lipinski definition) is 6. The number of aromatic nitrogens is 2. The molecule has 2 heterocycles. The van der Waals surface area contributed by atoms with Crippen LogP contribution in [-0.4, -0.2) is 35.1 Å². The highest BCUT2D eigenvalue weighted by Gasteiger charge is 2.47. The minimum atomic E-state index is -3.74. The highest BCUT2D eigenvalue weighted by molar-refractivity contribution is 7.90. The quantitative estimate of drug-likeness (QED) is 0.185. The topological polar surface area (TPSA) is 109 Å². The van der Waals surface area contributed by atoms with Crippen LogP contribution in [0, 0.1) is 5.92 Å². The predicted octanol–water partition coefficient (Wildman–Crippen LogP) is 6.96. The van der Waals surface area contributed by atoms with Crippen LogP contribution in [-0.2, 0) is 31.5 Å². The molecule has 42 heavy (non-hydrogen) atoms. The summed E-state index contributed by atoms with van der Waals surface area (Å²) in [5, 5.41) is 11.4. The number of para-hydroxylation sites is 2. The molecular formula is C34H36N2O5S. The van der Waals surface area contributed by atoms with Crippen molar-refractivity contribution in [1.29, 1.82) is 0 Å². The van der Waals surface area contributed by atoms with Gasteiger partial charge in [0, 0.05) is 12.3 Å². The first kappa shape index (κ1) is 28.2. The molecule has 0 amide bonds. The van der Waals surface area contributed by atoms with Crippen LogP contribution in [0.1, 0.15) is 68.1 Å². The zero-order chi connectivity index (χ0) is 29.3. The molecule has 2 atom stereocenters. The van der Waals surface area contributed by atoms with E-state index in [2.05, 4.69) is 29.0 Å². The summed E-state index contributed by atoms with van der Waals surface area (Å²) in [5.41, 5.74) is 3.43. The fourth-order valence-corrected chi connectivity index (χ4v) is 7.59. The number of aliphatic hydroxyl groups excluding tert-OH is 1. The third kappa shape index (κ3) is 5.86. The zero-order valence-electron chi connectivity index (χ0n) is 23.8. The number of carbonyl (C=O) groups excluding carboxylic acids is 1. The van der Waals surface area contributed by atoms with Crippen LogP contribution < -0.4 is 0 Å². The Morgan fingerprint density at radius 1 is 1.00 bits per heavy atom. The summed E-state index contributed by atoms with van der Waals surface area (Å²) in [6, 6.07) is 24.7. The van der Waals surface area contributed by atoms with E-state index in [9.17, 15) is 18.3 Å². The molecule has 4 aromatic rings. The molecule has 2 aliphatic rings. The van der Waals surface area contributed by atoms with E-state index in [0.29, 0.717) is 35.0 Å². The van der Waals surface area contributed by atoms with Crippen LogP contribution in [0.15, 0.2) is 95.4 Å². The second-order valence-electron chi connectivity index (χ2n) is 11.7. The molecule has 0 saturated heterocycles. The smallest absolute Gasteiger partial charge is 0.338 e. The fourth-order valence-electron chi connectivity index (χ4n) is 6.33. The maximum absolute atomic E-state index is 13.7. The first-order chi connectivity index (χ1) is 20.3. The van der Waals surface area contributed by atoms with E-state index in [-0.39, 0.29) is 34.9 Å². The number of fused-ring (bicyclic) bond motifs is 1. The molecule has 0 spiro atoms. The zero-order valence-corrected chi connectivity index (χ0v) is 24.6. The number of esters is 1. The van der Waals surface area contributed by atoms with Crippen molar-refractivity contribution >= 4 is 26.8 Å². The first-order valence-electron chi connectivity index (χ1n) is 14.7. The third-order valence-electron chi connectivity index (χ3n) is 8.48. The molecule has 8 heteroatoms. The molecule has 0 bridgehead atoms. The van der Waals surface area contributed by atoms with Gasteiger partial charge < -0.3 is 14.8 Å². The maximum atomic E-state index is 13.7. The number of nitrogens with zero attached hydrogens (tertiary/aromatic N) is 1. The lowest BCUT2D eigenvalue weighted by Crippen LogP contribution is -2.42. The standard InChI is InChI=1S/C34H36N2O5S/c1-2-18-34(19-17-23-9-4-3-5-10-23)21-29(37)31(32(38)41-34)30(25-15-16-25)26-12-8-11-24(20-26)22-42(39,40)33-35-27-13-6-7-14-28(27)36-33/h3-14,20,25,30,37H,2,15-19,21-22H2,1H3,(H,35,36). The van der Waals surface area contributed by atoms with Crippen molar-refractivity contribution in [3.8, 4) is 0 Å². The van der Waals surface area contributed by atoms with Crippen LogP contribution in [0.5, 0.6) is 0 Å². The molecule has 0 radical (unpaired) electrons. The SMILES string of the molecule is CCCC1(CCc2ccccc2)CC(O)=C(C(c2cccc(CS(=O)(=O)c3nc4ccccc4[nH]3)c2)C2CC2)C(=O)O1. The van der Waals surface area contributed by atoms with Crippen LogP contribution >= 0.6 is 0 Å². The molecule has 1 fully saturated rings. The second-order valence-corrected chi connectivity index (χ2v) is 13.6. The molecule has 218 valence electrons. The Hall–Kier alpha value is -3.91. The van der Waals surface area contributed by atoms with Gasteiger partial charge in [-0.25, -0.2) is 18.2 Å². The van der Waals surface area contributed by atoms with Crippen molar-refractivity contribution in [2.24, 2.45) is 5.92 Å². The Morgan fingerprint density at radius 2 is 1.74 bits per heavy atom. The average molecular weight is 585 g/mol. The van der Waals surface area contributed by atoms with E-state index in [1.54, 1.807) is 18.2 Å². The second kappa shape index (κ2) is 11.4. The Morgan fingerprint density at radius 3 is 2.45 bits per heavy atom. The molecule has 6 rings (SSSR count). The van der Waals surface area contributed by atoms with Gasteiger partial charge in [-0.2, -0.15) is 0 Å². The normalized spacial score (nSPS) is 20.1. The van der Waals surface area contributed by atoms with Gasteiger partial charge in [-0.1, -0.05) is 80.1 Å². The van der Waals surface area contributed by atoms with Gasteiger partial charge in [-0.3, -0.25) is 0 Å². The number of H-pyrrole nitrogens is 1. The van der Waals surface area contributed by atoms with Gasteiger partial charge in [0.15, 0.2) is 0 Å². The molecule has 2 unspecified atom stereocenters. The molecule has 7 nitrogen and oxygen atoms in total. The summed E-state index contributed by atoms with van der Waals surface area (Å²) in [6.45, 7) is 2.06. The van der Waals surface area contributed by atoms with Crippen molar-refractivity contribution in [2.75, 3.05) is 0 Å². The van der Waals surface area contributed by atoms with E-state index in [0.717, 1.165) is 31.2 Å². The number of aromatic amines is 1. The van der Waals surface area contributed by atoms with Crippen LogP contribution in [0.25, 0.3) is 11.0 Å². The molecule has 1 aliphatic carbocycles. The minimum Gasteiger partial charge on any atom is -0.512 e. The lowest BCUT2D eigenvalue weighted by atomic mass is 9.79. The largest absolute Gasteiger partial charge is 0.512 e. The summed E-state index contributed by atoms with van der Waals surface area (Å²) in [6.07, 6.45) is 5.05. The van der Waals surface area contributed by atoms with Crippen molar-refractivity contribution < 1.29 is 23.1 Å². The van der Waals surface area contributed by atoms with Gasteiger partial charge in [-0.15, -0.1) is 0 Å². The Bertz CT molecular complexity index is 1710. The van der Waals surface area contributed by atoms with Gasteiger partial charge in [0.1, 0.15) is 11.4 Å². The number of hydrogen-bond donors (Lipinski definition) is 2. The van der Waals surface area contributed by atoms with Crippen LogP contribution in [0.2, 0.25) is 0 Å².